The van der Waals surface area contributed by atoms with Gasteiger partial charge in [0, 0.05) is 21.9 Å². The van der Waals surface area contributed by atoms with Crippen LogP contribution < -0.4 is 0 Å². The maximum atomic E-state index is 6.86. The van der Waals surface area contributed by atoms with Crippen LogP contribution in [0.4, 0.5) is 0 Å². The summed E-state index contributed by atoms with van der Waals surface area (Å²) in [7, 11) is 0. The molecule has 0 saturated carbocycles. The SMILES string of the molecule is c1ccc(-c2nc(-c3ccccc3)nc(-c3ccc(-c4cccc(-c5ccc6ccccc6c5)c4)c4c3oc3ccc5ccccc5c34)n2)cc1. The van der Waals surface area contributed by atoms with Crippen LogP contribution in [0.3, 0.4) is 0 Å². The van der Waals surface area contributed by atoms with E-state index in [0.717, 1.165) is 66.1 Å². The van der Waals surface area contributed by atoms with Gasteiger partial charge in [-0.15, -0.1) is 0 Å². The van der Waals surface area contributed by atoms with Crippen molar-refractivity contribution in [2.24, 2.45) is 0 Å². The Hall–Kier alpha value is -6.91. The van der Waals surface area contributed by atoms with E-state index in [9.17, 15) is 0 Å². The molecule has 0 radical (unpaired) electrons. The number of aromatic nitrogens is 3. The predicted molar refractivity (Wildman–Crippen MR) is 209 cm³/mol. The molecule has 238 valence electrons. The molecule has 0 amide bonds. The number of furan rings is 1. The number of hydrogen-bond acceptors (Lipinski definition) is 4. The summed E-state index contributed by atoms with van der Waals surface area (Å²) in [6, 6.07) is 61.1. The third kappa shape index (κ3) is 5.04. The summed E-state index contributed by atoms with van der Waals surface area (Å²) in [5.74, 6) is 1.79. The fourth-order valence-corrected chi connectivity index (χ4v) is 7.22. The lowest BCUT2D eigenvalue weighted by molar-refractivity contribution is 0.670. The van der Waals surface area contributed by atoms with Gasteiger partial charge in [0.05, 0.1) is 5.56 Å². The number of benzene rings is 8. The van der Waals surface area contributed by atoms with Gasteiger partial charge in [0.25, 0.3) is 0 Å². The van der Waals surface area contributed by atoms with Gasteiger partial charge in [-0.3, -0.25) is 0 Å². The fourth-order valence-electron chi connectivity index (χ4n) is 7.22. The molecule has 8 aromatic carbocycles. The van der Waals surface area contributed by atoms with Crippen LogP contribution in [0.25, 0.3) is 99.9 Å². The van der Waals surface area contributed by atoms with Crippen molar-refractivity contribution in [2.75, 3.05) is 0 Å². The Balaban J connectivity index is 1.24. The molecule has 0 N–H and O–H groups in total. The molecule has 0 bridgehead atoms. The summed E-state index contributed by atoms with van der Waals surface area (Å²) in [6.07, 6.45) is 0. The van der Waals surface area contributed by atoms with Gasteiger partial charge < -0.3 is 4.42 Å². The van der Waals surface area contributed by atoms with Crippen LogP contribution in [0, 0.1) is 0 Å². The third-order valence-corrected chi connectivity index (χ3v) is 9.71. The van der Waals surface area contributed by atoms with Crippen LogP contribution in [0.15, 0.2) is 180 Å². The highest BCUT2D eigenvalue weighted by Crippen LogP contribution is 2.44. The van der Waals surface area contributed by atoms with Gasteiger partial charge in [-0.25, -0.2) is 15.0 Å². The second kappa shape index (κ2) is 11.9. The molecule has 2 heterocycles. The minimum atomic E-state index is 0.563. The van der Waals surface area contributed by atoms with Crippen LogP contribution in [0.1, 0.15) is 0 Å². The quantitative estimate of drug-likeness (QED) is 0.186. The monoisotopic (exact) mass is 651 g/mol. The highest BCUT2D eigenvalue weighted by atomic mass is 16.3. The summed E-state index contributed by atoms with van der Waals surface area (Å²) in [6.45, 7) is 0. The van der Waals surface area contributed by atoms with Gasteiger partial charge in [-0.05, 0) is 68.1 Å². The van der Waals surface area contributed by atoms with Crippen LogP contribution >= 0.6 is 0 Å². The molecule has 0 aliphatic rings. The second-order valence-electron chi connectivity index (χ2n) is 12.8. The van der Waals surface area contributed by atoms with E-state index in [1.165, 1.54) is 16.3 Å². The molecule has 10 aromatic rings. The summed E-state index contributed by atoms with van der Waals surface area (Å²) < 4.78 is 6.86. The maximum absolute atomic E-state index is 6.86. The summed E-state index contributed by atoms with van der Waals surface area (Å²) in [4.78, 5) is 15.1. The minimum absolute atomic E-state index is 0.563. The first-order chi connectivity index (χ1) is 25.3. The highest BCUT2D eigenvalue weighted by molar-refractivity contribution is 6.24. The summed E-state index contributed by atoms with van der Waals surface area (Å²) >= 11 is 0. The Kier molecular flexibility index (Phi) is 6.78. The first kappa shape index (κ1) is 29.0. The Morgan fingerprint density at radius 1 is 0.333 bits per heavy atom. The zero-order valence-corrected chi connectivity index (χ0v) is 27.5. The Labute approximate surface area is 294 Å². The lowest BCUT2D eigenvalue weighted by Gasteiger charge is -2.12. The van der Waals surface area contributed by atoms with Crippen molar-refractivity contribution in [1.29, 1.82) is 0 Å². The van der Waals surface area contributed by atoms with E-state index in [-0.39, 0.29) is 0 Å². The molecule has 0 spiro atoms. The second-order valence-corrected chi connectivity index (χ2v) is 12.8. The fraction of sp³-hybridized carbons (Fsp3) is 0. The van der Waals surface area contributed by atoms with Gasteiger partial charge in [-0.1, -0.05) is 152 Å². The van der Waals surface area contributed by atoms with Crippen LogP contribution in [-0.4, -0.2) is 15.0 Å². The molecule has 0 aliphatic carbocycles. The lowest BCUT2D eigenvalue weighted by Crippen LogP contribution is -2.00. The standard InChI is InChI=1S/C47H29N3O/c1-3-14-32(15-4-1)45-48-46(33-16-5-2-6-17-33)50-47(49-45)40-26-25-39(43-42-38-21-10-9-13-31(38)24-27-41(42)51-44(40)43)37-20-11-19-35(29-37)36-23-22-30-12-7-8-18-34(30)28-36/h1-29H. The average molecular weight is 652 g/mol. The van der Waals surface area contributed by atoms with Gasteiger partial charge in [0.1, 0.15) is 11.2 Å². The van der Waals surface area contributed by atoms with E-state index >= 15 is 0 Å². The van der Waals surface area contributed by atoms with Gasteiger partial charge in [0.15, 0.2) is 17.5 Å². The summed E-state index contributed by atoms with van der Waals surface area (Å²) in [5.41, 5.74) is 8.77. The maximum Gasteiger partial charge on any atom is 0.167 e. The normalized spacial score (nSPS) is 11.5. The topological polar surface area (TPSA) is 51.8 Å². The molecule has 4 heteroatoms. The number of nitrogens with zero attached hydrogens (tertiary/aromatic N) is 3. The smallest absolute Gasteiger partial charge is 0.167 e. The molecule has 0 unspecified atom stereocenters. The van der Waals surface area contributed by atoms with Gasteiger partial charge >= 0.3 is 0 Å². The number of fused-ring (bicyclic) bond motifs is 6. The van der Waals surface area contributed by atoms with Crippen LogP contribution in [0.5, 0.6) is 0 Å². The van der Waals surface area contributed by atoms with E-state index in [2.05, 4.69) is 115 Å². The van der Waals surface area contributed by atoms with Crippen LogP contribution in [-0.2, 0) is 0 Å². The zero-order chi connectivity index (χ0) is 33.7. The molecule has 51 heavy (non-hydrogen) atoms. The average Bonchev–Trinajstić information content (AvgIpc) is 3.61. The van der Waals surface area contributed by atoms with Gasteiger partial charge in [0.2, 0.25) is 0 Å². The molecule has 0 aliphatic heterocycles. The number of hydrogen-bond donors (Lipinski definition) is 0. The molecule has 0 atom stereocenters. The highest BCUT2D eigenvalue weighted by Gasteiger charge is 2.22. The van der Waals surface area contributed by atoms with Crippen molar-refractivity contribution in [3.05, 3.63) is 176 Å². The van der Waals surface area contributed by atoms with Crippen molar-refractivity contribution >= 4 is 43.5 Å². The molecule has 0 fully saturated rings. The number of rotatable bonds is 5. The van der Waals surface area contributed by atoms with Crippen molar-refractivity contribution in [2.45, 2.75) is 0 Å². The molecule has 0 saturated heterocycles. The summed E-state index contributed by atoms with van der Waals surface area (Å²) in [5, 5.41) is 6.88. The van der Waals surface area contributed by atoms with Crippen LogP contribution in [0.2, 0.25) is 0 Å². The van der Waals surface area contributed by atoms with Crippen molar-refractivity contribution in [1.82, 2.24) is 15.0 Å². The van der Waals surface area contributed by atoms with Gasteiger partial charge in [-0.2, -0.15) is 0 Å². The Morgan fingerprint density at radius 2 is 0.902 bits per heavy atom. The van der Waals surface area contributed by atoms with E-state index < -0.39 is 0 Å². The zero-order valence-electron chi connectivity index (χ0n) is 27.5. The van der Waals surface area contributed by atoms with E-state index in [0.29, 0.717) is 17.5 Å². The van der Waals surface area contributed by atoms with E-state index in [1.54, 1.807) is 0 Å². The Bertz CT molecular complexity index is 2860. The van der Waals surface area contributed by atoms with Crippen molar-refractivity contribution in [3.8, 4) is 56.4 Å². The van der Waals surface area contributed by atoms with Crippen molar-refractivity contribution in [3.63, 3.8) is 0 Å². The van der Waals surface area contributed by atoms with E-state index in [1.807, 2.05) is 60.7 Å². The lowest BCUT2D eigenvalue weighted by atomic mass is 9.92. The molecule has 10 rings (SSSR count). The largest absolute Gasteiger partial charge is 0.455 e. The van der Waals surface area contributed by atoms with E-state index in [4.69, 9.17) is 19.4 Å². The first-order valence-electron chi connectivity index (χ1n) is 17.1. The molecular weight excluding hydrogens is 623 g/mol. The van der Waals surface area contributed by atoms with Crippen molar-refractivity contribution < 1.29 is 4.42 Å². The predicted octanol–water partition coefficient (Wildman–Crippen LogP) is 12.4. The molecular formula is C47H29N3O. The molecule has 2 aromatic heterocycles. The Morgan fingerprint density at radius 3 is 1.67 bits per heavy atom. The first-order valence-corrected chi connectivity index (χ1v) is 17.1. The third-order valence-electron chi connectivity index (χ3n) is 9.71. The minimum Gasteiger partial charge on any atom is -0.455 e. The molecule has 4 nitrogen and oxygen atoms in total.